The van der Waals surface area contributed by atoms with Crippen molar-refractivity contribution in [3.63, 3.8) is 0 Å². The highest BCUT2D eigenvalue weighted by Crippen LogP contribution is 2.59. The van der Waals surface area contributed by atoms with E-state index in [1.54, 1.807) is 0 Å². The van der Waals surface area contributed by atoms with E-state index in [2.05, 4.69) is 13.8 Å². The quantitative estimate of drug-likeness (QED) is 0.775. The Morgan fingerprint density at radius 3 is 2.12 bits per heavy atom. The van der Waals surface area contributed by atoms with Crippen molar-refractivity contribution < 1.29 is 9.90 Å². The van der Waals surface area contributed by atoms with E-state index in [0.29, 0.717) is 11.3 Å². The van der Waals surface area contributed by atoms with Crippen molar-refractivity contribution in [3.05, 3.63) is 0 Å². The number of carboxylic acids is 1. The van der Waals surface area contributed by atoms with Crippen molar-refractivity contribution in [2.75, 3.05) is 0 Å². The Balaban J connectivity index is 2.01. The maximum absolute atomic E-state index is 11.0. The van der Waals surface area contributed by atoms with Crippen molar-refractivity contribution in [2.45, 2.75) is 58.4 Å². The van der Waals surface area contributed by atoms with Gasteiger partial charge in [-0.05, 0) is 55.3 Å². The lowest BCUT2D eigenvalue weighted by atomic mass is 9.66. The Hall–Kier alpha value is -0.570. The summed E-state index contributed by atoms with van der Waals surface area (Å²) in [4.78, 5) is 11.0. The second-order valence-corrected chi connectivity index (χ2v) is 6.49. The van der Waals surface area contributed by atoms with Gasteiger partial charge in [-0.25, -0.2) is 0 Å². The van der Waals surface area contributed by atoms with Crippen LogP contribution in [0.15, 0.2) is 0 Å². The van der Waals surface area contributed by atoms with E-state index in [4.69, 9.17) is 10.8 Å². The number of carboxylic acid groups (broad SMARTS) is 1. The molecule has 3 nitrogen and oxygen atoms in total. The molecule has 2 aliphatic carbocycles. The number of nitrogens with two attached hydrogens (primary N) is 1. The Bertz CT molecular complexity index is 284. The molecule has 0 aromatic heterocycles. The molecule has 3 heteroatoms. The molecule has 0 aliphatic heterocycles. The maximum atomic E-state index is 11.0. The van der Waals surface area contributed by atoms with Gasteiger partial charge in [0.05, 0.1) is 0 Å². The molecule has 0 amide bonds. The van der Waals surface area contributed by atoms with Crippen molar-refractivity contribution in [3.8, 4) is 0 Å². The molecule has 0 radical (unpaired) electrons. The first-order valence-corrected chi connectivity index (χ1v) is 6.36. The highest BCUT2D eigenvalue weighted by Gasteiger charge is 2.56. The van der Waals surface area contributed by atoms with Crippen LogP contribution >= 0.6 is 0 Å². The third kappa shape index (κ3) is 1.97. The standard InChI is InChI=1S/C13H23NO2/c1-12(2)5-3-9(4-6-12)13(7-8-13)10(14)11(15)16/h9-10H,3-8,14H2,1-2H3,(H,15,16). The molecule has 2 fully saturated rings. The zero-order chi connectivity index (χ0) is 12.0. The summed E-state index contributed by atoms with van der Waals surface area (Å²) in [6.07, 6.45) is 6.79. The zero-order valence-corrected chi connectivity index (χ0v) is 10.3. The number of carbonyl (C=O) groups is 1. The third-order valence-electron chi connectivity index (χ3n) is 4.86. The minimum atomic E-state index is -0.817. The van der Waals surface area contributed by atoms with Crippen molar-refractivity contribution in [1.82, 2.24) is 0 Å². The first-order valence-electron chi connectivity index (χ1n) is 6.36. The van der Waals surface area contributed by atoms with Crippen LogP contribution in [0.25, 0.3) is 0 Å². The molecule has 0 heterocycles. The van der Waals surface area contributed by atoms with Crippen LogP contribution in [0.3, 0.4) is 0 Å². The molecular formula is C13H23NO2. The minimum absolute atomic E-state index is 0.0532. The predicted molar refractivity (Wildman–Crippen MR) is 63.0 cm³/mol. The van der Waals surface area contributed by atoms with E-state index >= 15 is 0 Å². The van der Waals surface area contributed by atoms with Crippen molar-refractivity contribution >= 4 is 5.97 Å². The molecule has 1 atom stereocenters. The van der Waals surface area contributed by atoms with Crippen molar-refractivity contribution in [2.24, 2.45) is 22.5 Å². The summed E-state index contributed by atoms with van der Waals surface area (Å²) in [5, 5.41) is 9.07. The molecule has 1 unspecified atom stereocenters. The molecule has 2 saturated carbocycles. The molecular weight excluding hydrogens is 202 g/mol. The summed E-state index contributed by atoms with van der Waals surface area (Å²) in [7, 11) is 0. The molecule has 92 valence electrons. The first kappa shape index (κ1) is 11.9. The summed E-state index contributed by atoms with van der Waals surface area (Å²) in [5.74, 6) is -0.269. The molecule has 0 spiro atoms. The van der Waals surface area contributed by atoms with Crippen molar-refractivity contribution in [1.29, 1.82) is 0 Å². The summed E-state index contributed by atoms with van der Waals surface area (Å²) < 4.78 is 0. The fraction of sp³-hybridized carbons (Fsp3) is 0.923. The SMILES string of the molecule is CC1(C)CCC(C2(C(N)C(=O)O)CC2)CC1. The Labute approximate surface area is 97.4 Å². The second-order valence-electron chi connectivity index (χ2n) is 6.49. The van der Waals surface area contributed by atoms with E-state index in [0.717, 1.165) is 25.7 Å². The van der Waals surface area contributed by atoms with Gasteiger partial charge < -0.3 is 10.8 Å². The van der Waals surface area contributed by atoms with E-state index in [1.807, 2.05) is 0 Å². The largest absolute Gasteiger partial charge is 0.480 e. The Morgan fingerprint density at radius 2 is 1.75 bits per heavy atom. The summed E-state index contributed by atoms with van der Waals surface area (Å²) in [5.41, 5.74) is 6.25. The van der Waals surface area contributed by atoms with Gasteiger partial charge in [0.15, 0.2) is 0 Å². The normalized spacial score (nSPS) is 29.7. The van der Waals surface area contributed by atoms with Gasteiger partial charge in [0, 0.05) is 0 Å². The van der Waals surface area contributed by atoms with Gasteiger partial charge in [0.1, 0.15) is 6.04 Å². The number of hydrogen-bond acceptors (Lipinski definition) is 2. The van der Waals surface area contributed by atoms with Crippen LogP contribution in [0, 0.1) is 16.7 Å². The molecule has 16 heavy (non-hydrogen) atoms. The molecule has 0 bridgehead atoms. The van der Waals surface area contributed by atoms with E-state index in [9.17, 15) is 4.79 Å². The predicted octanol–water partition coefficient (Wildman–Crippen LogP) is 2.39. The first-order chi connectivity index (χ1) is 7.37. The lowest BCUT2D eigenvalue weighted by molar-refractivity contribution is -0.141. The van der Waals surface area contributed by atoms with Crippen LogP contribution in [0.5, 0.6) is 0 Å². The van der Waals surface area contributed by atoms with Gasteiger partial charge in [0.2, 0.25) is 0 Å². The highest BCUT2D eigenvalue weighted by atomic mass is 16.4. The summed E-state index contributed by atoms with van der Waals surface area (Å²) in [6.45, 7) is 4.61. The second kappa shape index (κ2) is 3.73. The molecule has 0 aromatic carbocycles. The Kier molecular flexibility index (Phi) is 2.77. The monoisotopic (exact) mass is 225 g/mol. The lowest BCUT2D eigenvalue weighted by Crippen LogP contribution is -2.44. The van der Waals surface area contributed by atoms with Gasteiger partial charge in [0.25, 0.3) is 0 Å². The molecule has 2 aliphatic rings. The van der Waals surface area contributed by atoms with Gasteiger partial charge in [-0.1, -0.05) is 13.8 Å². The summed E-state index contributed by atoms with van der Waals surface area (Å²) in [6, 6.07) is -0.640. The number of rotatable bonds is 3. The van der Waals surface area contributed by atoms with Gasteiger partial charge in [-0.15, -0.1) is 0 Å². The van der Waals surface area contributed by atoms with E-state index in [-0.39, 0.29) is 5.41 Å². The van der Waals surface area contributed by atoms with Crippen LogP contribution in [-0.4, -0.2) is 17.1 Å². The topological polar surface area (TPSA) is 63.3 Å². The fourth-order valence-electron chi connectivity index (χ4n) is 3.34. The molecule has 3 N–H and O–H groups in total. The third-order valence-corrected chi connectivity index (χ3v) is 4.86. The average Bonchev–Trinajstić information content (AvgIpc) is 2.97. The van der Waals surface area contributed by atoms with Gasteiger partial charge in [-0.2, -0.15) is 0 Å². The Morgan fingerprint density at radius 1 is 1.25 bits per heavy atom. The minimum Gasteiger partial charge on any atom is -0.480 e. The van der Waals surface area contributed by atoms with Crippen LogP contribution in [0.2, 0.25) is 0 Å². The fourth-order valence-corrected chi connectivity index (χ4v) is 3.34. The van der Waals surface area contributed by atoms with Crippen LogP contribution in [0.1, 0.15) is 52.4 Å². The van der Waals surface area contributed by atoms with Crippen LogP contribution < -0.4 is 5.73 Å². The van der Waals surface area contributed by atoms with Gasteiger partial charge >= 0.3 is 5.97 Å². The average molecular weight is 225 g/mol. The number of aliphatic carboxylic acids is 1. The number of hydrogen-bond donors (Lipinski definition) is 2. The highest BCUT2D eigenvalue weighted by molar-refractivity contribution is 5.75. The summed E-state index contributed by atoms with van der Waals surface area (Å²) >= 11 is 0. The van der Waals surface area contributed by atoms with Crippen LogP contribution in [0.4, 0.5) is 0 Å². The van der Waals surface area contributed by atoms with E-state index in [1.165, 1.54) is 12.8 Å². The van der Waals surface area contributed by atoms with Gasteiger partial charge in [-0.3, -0.25) is 4.79 Å². The maximum Gasteiger partial charge on any atom is 0.321 e. The smallest absolute Gasteiger partial charge is 0.321 e. The molecule has 2 rings (SSSR count). The zero-order valence-electron chi connectivity index (χ0n) is 10.3. The van der Waals surface area contributed by atoms with E-state index < -0.39 is 12.0 Å². The molecule has 0 saturated heterocycles. The van der Waals surface area contributed by atoms with Crippen LogP contribution in [-0.2, 0) is 4.79 Å². The molecule has 0 aromatic rings. The lowest BCUT2D eigenvalue weighted by Gasteiger charge is -2.39.